The maximum Gasteiger partial charge on any atom is 0.354 e. The molecule has 0 aliphatic heterocycles. The summed E-state index contributed by atoms with van der Waals surface area (Å²) in [5, 5.41) is 8.69. The number of rotatable bonds is 2. The molecule has 1 N–H and O–H groups in total. The zero-order valence-electron chi connectivity index (χ0n) is 9.23. The lowest BCUT2D eigenvalue weighted by molar-refractivity contribution is 0.0595. The van der Waals surface area contributed by atoms with Crippen LogP contribution in [0.15, 0.2) is 36.5 Å². The van der Waals surface area contributed by atoms with Crippen LogP contribution in [0.4, 0.5) is 0 Å². The van der Waals surface area contributed by atoms with Crippen molar-refractivity contribution in [1.82, 2.24) is 4.98 Å². The van der Waals surface area contributed by atoms with Crippen LogP contribution >= 0.6 is 0 Å². The third-order valence-corrected chi connectivity index (χ3v) is 2.44. The van der Waals surface area contributed by atoms with Gasteiger partial charge in [0, 0.05) is 6.20 Å². The zero-order valence-corrected chi connectivity index (χ0v) is 9.23. The highest BCUT2D eigenvalue weighted by atomic mass is 16.5. The van der Waals surface area contributed by atoms with Gasteiger partial charge in [0.2, 0.25) is 0 Å². The van der Waals surface area contributed by atoms with Crippen molar-refractivity contribution in [3.63, 3.8) is 0 Å². The molecule has 0 amide bonds. The summed E-state index contributed by atoms with van der Waals surface area (Å²) in [6, 6.07) is 10.9. The average molecular weight is 226 g/mol. The summed E-state index contributed by atoms with van der Waals surface area (Å²) in [6.07, 6.45) is 1.73. The van der Waals surface area contributed by atoms with Crippen molar-refractivity contribution in [2.45, 2.75) is 0 Å². The minimum atomic E-state index is -0.398. The number of nitrogens with one attached hydrogen (secondary N) is 1. The second-order valence-electron chi connectivity index (χ2n) is 3.48. The van der Waals surface area contributed by atoms with Crippen molar-refractivity contribution in [2.75, 3.05) is 7.11 Å². The van der Waals surface area contributed by atoms with Crippen LogP contribution in [0.25, 0.3) is 11.1 Å². The number of esters is 1. The van der Waals surface area contributed by atoms with E-state index in [1.54, 1.807) is 24.4 Å². The summed E-state index contributed by atoms with van der Waals surface area (Å²) < 4.78 is 4.61. The van der Waals surface area contributed by atoms with E-state index in [0.29, 0.717) is 11.3 Å². The quantitative estimate of drug-likeness (QED) is 0.799. The van der Waals surface area contributed by atoms with Gasteiger partial charge in [0.25, 0.3) is 0 Å². The maximum absolute atomic E-state index is 11.3. The number of hydrogen-bond donors (Lipinski definition) is 1. The Morgan fingerprint density at radius 3 is 2.59 bits per heavy atom. The highest BCUT2D eigenvalue weighted by Gasteiger charge is 2.09. The van der Waals surface area contributed by atoms with E-state index in [4.69, 9.17) is 5.26 Å². The Kier molecular flexibility index (Phi) is 2.93. The molecule has 0 bridgehead atoms. The summed E-state index contributed by atoms with van der Waals surface area (Å²) in [5.41, 5.74) is 2.84. The number of aromatic amines is 1. The van der Waals surface area contributed by atoms with E-state index in [9.17, 15) is 4.79 Å². The normalized spacial score (nSPS) is 9.65. The van der Waals surface area contributed by atoms with Crippen molar-refractivity contribution in [3.05, 3.63) is 47.8 Å². The van der Waals surface area contributed by atoms with Crippen LogP contribution in [0, 0.1) is 11.3 Å². The molecule has 1 aromatic carbocycles. The van der Waals surface area contributed by atoms with Crippen molar-refractivity contribution in [3.8, 4) is 17.2 Å². The first-order chi connectivity index (χ1) is 8.24. The third-order valence-electron chi connectivity index (χ3n) is 2.44. The summed E-state index contributed by atoms with van der Waals surface area (Å²) in [5.74, 6) is -0.398. The number of nitrogens with zero attached hydrogens (tertiary/aromatic N) is 1. The predicted octanol–water partition coefficient (Wildman–Crippen LogP) is 2.34. The Balaban J connectivity index is 2.31. The van der Waals surface area contributed by atoms with Crippen LogP contribution < -0.4 is 0 Å². The Morgan fingerprint density at radius 1 is 1.29 bits per heavy atom. The zero-order chi connectivity index (χ0) is 12.3. The lowest BCUT2D eigenvalue weighted by Gasteiger charge is -1.96. The van der Waals surface area contributed by atoms with Gasteiger partial charge in [-0.15, -0.1) is 0 Å². The smallest absolute Gasteiger partial charge is 0.354 e. The second kappa shape index (κ2) is 4.54. The fraction of sp³-hybridized carbons (Fsp3) is 0.0769. The first-order valence-corrected chi connectivity index (χ1v) is 5.02. The van der Waals surface area contributed by atoms with Gasteiger partial charge in [0.15, 0.2) is 0 Å². The number of H-pyrrole nitrogens is 1. The number of methoxy groups -OCH3 is 1. The molecule has 0 saturated heterocycles. The van der Waals surface area contributed by atoms with Gasteiger partial charge in [0.05, 0.1) is 18.7 Å². The molecule has 0 spiro atoms. The average Bonchev–Trinajstić information content (AvgIpc) is 2.87. The first kappa shape index (κ1) is 11.0. The maximum atomic E-state index is 11.3. The largest absolute Gasteiger partial charge is 0.464 e. The molecule has 0 atom stereocenters. The van der Waals surface area contributed by atoms with E-state index in [-0.39, 0.29) is 0 Å². The predicted molar refractivity (Wildman–Crippen MR) is 62.3 cm³/mol. The Hall–Kier alpha value is -2.54. The topological polar surface area (TPSA) is 65.9 Å². The summed E-state index contributed by atoms with van der Waals surface area (Å²) in [6.45, 7) is 0. The van der Waals surface area contributed by atoms with Gasteiger partial charge in [0.1, 0.15) is 5.69 Å². The lowest BCUT2D eigenvalue weighted by Crippen LogP contribution is -2.00. The van der Waals surface area contributed by atoms with E-state index in [2.05, 4.69) is 15.8 Å². The second-order valence-corrected chi connectivity index (χ2v) is 3.48. The third kappa shape index (κ3) is 2.18. The number of ether oxygens (including phenoxy) is 1. The van der Waals surface area contributed by atoms with E-state index in [1.165, 1.54) is 7.11 Å². The van der Waals surface area contributed by atoms with E-state index >= 15 is 0 Å². The van der Waals surface area contributed by atoms with E-state index in [0.717, 1.165) is 11.1 Å². The van der Waals surface area contributed by atoms with Gasteiger partial charge < -0.3 is 9.72 Å². The molecule has 1 aromatic heterocycles. The molecule has 2 aromatic rings. The SMILES string of the molecule is COC(=O)c1cc(-c2ccc(C#N)cc2)c[nH]1. The highest BCUT2D eigenvalue weighted by molar-refractivity contribution is 5.89. The van der Waals surface area contributed by atoms with Gasteiger partial charge in [-0.2, -0.15) is 5.26 Å². The molecule has 4 heteroatoms. The molecular weight excluding hydrogens is 216 g/mol. The molecule has 84 valence electrons. The molecule has 0 unspecified atom stereocenters. The Bertz CT molecular complexity index is 576. The number of carbonyl (C=O) groups is 1. The number of benzene rings is 1. The summed E-state index contributed by atoms with van der Waals surface area (Å²) in [7, 11) is 1.34. The molecule has 17 heavy (non-hydrogen) atoms. The minimum absolute atomic E-state index is 0.398. The lowest BCUT2D eigenvalue weighted by atomic mass is 10.1. The highest BCUT2D eigenvalue weighted by Crippen LogP contribution is 2.20. The molecule has 0 radical (unpaired) electrons. The van der Waals surface area contributed by atoms with Crippen LogP contribution in [0.5, 0.6) is 0 Å². The molecule has 0 aliphatic rings. The van der Waals surface area contributed by atoms with E-state index < -0.39 is 5.97 Å². The van der Waals surface area contributed by atoms with Crippen molar-refractivity contribution >= 4 is 5.97 Å². The molecule has 1 heterocycles. The van der Waals surface area contributed by atoms with Gasteiger partial charge >= 0.3 is 5.97 Å². The van der Waals surface area contributed by atoms with Crippen LogP contribution in [0.1, 0.15) is 16.1 Å². The minimum Gasteiger partial charge on any atom is -0.464 e. The number of hydrogen-bond acceptors (Lipinski definition) is 3. The molecule has 0 saturated carbocycles. The van der Waals surface area contributed by atoms with Crippen molar-refractivity contribution in [2.24, 2.45) is 0 Å². The van der Waals surface area contributed by atoms with Gasteiger partial charge in [-0.1, -0.05) is 12.1 Å². The fourth-order valence-electron chi connectivity index (χ4n) is 1.53. The number of nitriles is 1. The van der Waals surface area contributed by atoms with E-state index in [1.807, 2.05) is 12.1 Å². The monoisotopic (exact) mass is 226 g/mol. The van der Waals surface area contributed by atoms with Crippen molar-refractivity contribution in [1.29, 1.82) is 5.26 Å². The summed E-state index contributed by atoms with van der Waals surface area (Å²) >= 11 is 0. The van der Waals surface area contributed by atoms with Gasteiger partial charge in [-0.05, 0) is 29.3 Å². The molecule has 4 nitrogen and oxygen atoms in total. The standard InChI is InChI=1S/C13H10N2O2/c1-17-13(16)12-6-11(8-15-12)10-4-2-9(7-14)3-5-10/h2-6,8,15H,1H3. The van der Waals surface area contributed by atoms with Gasteiger partial charge in [-0.3, -0.25) is 0 Å². The number of aromatic nitrogens is 1. The molecule has 0 aliphatic carbocycles. The van der Waals surface area contributed by atoms with Crippen LogP contribution in [-0.2, 0) is 4.74 Å². The van der Waals surface area contributed by atoms with Crippen LogP contribution in [0.2, 0.25) is 0 Å². The molecular formula is C13H10N2O2. The van der Waals surface area contributed by atoms with Crippen molar-refractivity contribution < 1.29 is 9.53 Å². The Labute approximate surface area is 98.5 Å². The van der Waals surface area contributed by atoms with Crippen LogP contribution in [-0.4, -0.2) is 18.1 Å². The Morgan fingerprint density at radius 2 is 2.00 bits per heavy atom. The fourth-order valence-corrected chi connectivity index (χ4v) is 1.53. The van der Waals surface area contributed by atoms with Gasteiger partial charge in [-0.25, -0.2) is 4.79 Å². The van der Waals surface area contributed by atoms with Crippen LogP contribution in [0.3, 0.4) is 0 Å². The number of carbonyl (C=O) groups excluding carboxylic acids is 1. The summed E-state index contributed by atoms with van der Waals surface area (Å²) in [4.78, 5) is 14.1. The first-order valence-electron chi connectivity index (χ1n) is 5.02. The molecule has 2 rings (SSSR count). The molecule has 0 fully saturated rings.